The molecule has 0 spiro atoms. The third-order valence-electron chi connectivity index (χ3n) is 3.07. The zero-order chi connectivity index (χ0) is 11.4. The Labute approximate surface area is 93.0 Å². The molecule has 1 saturated heterocycles. The van der Waals surface area contributed by atoms with E-state index in [4.69, 9.17) is 0 Å². The Morgan fingerprint density at radius 3 is 2.53 bits per heavy atom. The van der Waals surface area contributed by atoms with Gasteiger partial charge in [-0.05, 0) is 31.7 Å². The van der Waals surface area contributed by atoms with Gasteiger partial charge in [0.1, 0.15) is 0 Å². The summed E-state index contributed by atoms with van der Waals surface area (Å²) in [6.45, 7) is 10.4. The van der Waals surface area contributed by atoms with Crippen LogP contribution in [-0.2, 0) is 4.79 Å². The Hall–Kier alpha value is -0.570. The van der Waals surface area contributed by atoms with E-state index >= 15 is 0 Å². The first-order chi connectivity index (χ1) is 7.00. The Balaban J connectivity index is 2.34. The first-order valence-corrected chi connectivity index (χ1v) is 6.01. The number of amides is 1. The largest absolute Gasteiger partial charge is 0.353 e. The predicted molar refractivity (Wildman–Crippen MR) is 62.6 cm³/mol. The van der Waals surface area contributed by atoms with E-state index in [1.807, 2.05) is 0 Å². The van der Waals surface area contributed by atoms with Crippen molar-refractivity contribution in [2.45, 2.75) is 40.2 Å². The minimum absolute atomic E-state index is 0.166. The first kappa shape index (κ1) is 12.5. The van der Waals surface area contributed by atoms with Crippen LogP contribution in [0.1, 0.15) is 34.1 Å². The fraction of sp³-hybridized carbons (Fsp3) is 0.917. The third kappa shape index (κ3) is 3.82. The molecular weight excluding hydrogens is 188 g/mol. The lowest BCUT2D eigenvalue weighted by Gasteiger charge is -2.20. The summed E-state index contributed by atoms with van der Waals surface area (Å²) in [6.07, 6.45) is 1.06. The van der Waals surface area contributed by atoms with Crippen molar-refractivity contribution in [3.63, 3.8) is 0 Å². The lowest BCUT2D eigenvalue weighted by atomic mass is 9.96. The minimum atomic E-state index is 0.166. The molecule has 3 heteroatoms. The second-order valence-corrected chi connectivity index (χ2v) is 5.28. The van der Waals surface area contributed by atoms with Gasteiger partial charge in [0.15, 0.2) is 0 Å². The first-order valence-electron chi connectivity index (χ1n) is 6.01. The van der Waals surface area contributed by atoms with E-state index in [1.165, 1.54) is 0 Å². The maximum absolute atomic E-state index is 11.9. The molecule has 2 N–H and O–H groups in total. The topological polar surface area (TPSA) is 41.1 Å². The molecule has 1 aliphatic heterocycles. The molecule has 0 aromatic carbocycles. The highest BCUT2D eigenvalue weighted by atomic mass is 16.2. The van der Waals surface area contributed by atoms with E-state index in [1.54, 1.807) is 0 Å². The molecule has 88 valence electrons. The van der Waals surface area contributed by atoms with Gasteiger partial charge in [0.2, 0.25) is 5.91 Å². The lowest BCUT2D eigenvalue weighted by molar-refractivity contribution is -0.126. The van der Waals surface area contributed by atoms with Gasteiger partial charge in [-0.15, -0.1) is 0 Å². The average Bonchev–Trinajstić information content (AvgIpc) is 2.49. The number of rotatable bonds is 4. The molecule has 0 bridgehead atoms. The zero-order valence-corrected chi connectivity index (χ0v) is 10.3. The van der Waals surface area contributed by atoms with Crippen molar-refractivity contribution >= 4 is 5.91 Å². The molecule has 0 aromatic heterocycles. The van der Waals surface area contributed by atoms with Crippen LogP contribution < -0.4 is 10.6 Å². The summed E-state index contributed by atoms with van der Waals surface area (Å²) in [5.41, 5.74) is 0. The Morgan fingerprint density at radius 2 is 2.07 bits per heavy atom. The van der Waals surface area contributed by atoms with Crippen LogP contribution in [0.3, 0.4) is 0 Å². The van der Waals surface area contributed by atoms with Crippen molar-refractivity contribution in [1.29, 1.82) is 0 Å². The summed E-state index contributed by atoms with van der Waals surface area (Å²) < 4.78 is 0. The van der Waals surface area contributed by atoms with Gasteiger partial charge in [-0.3, -0.25) is 4.79 Å². The molecule has 0 aromatic rings. The van der Waals surface area contributed by atoms with E-state index < -0.39 is 0 Å². The summed E-state index contributed by atoms with van der Waals surface area (Å²) in [4.78, 5) is 11.9. The van der Waals surface area contributed by atoms with Crippen LogP contribution in [0.15, 0.2) is 0 Å². The van der Waals surface area contributed by atoms with Crippen molar-refractivity contribution in [3.8, 4) is 0 Å². The molecule has 1 amide bonds. The van der Waals surface area contributed by atoms with Gasteiger partial charge in [-0.25, -0.2) is 0 Å². The molecular formula is C12H24N2O. The predicted octanol–water partition coefficient (Wildman–Crippen LogP) is 1.39. The maximum atomic E-state index is 11.9. The van der Waals surface area contributed by atoms with Crippen LogP contribution >= 0.6 is 0 Å². The molecule has 1 heterocycles. The highest BCUT2D eigenvalue weighted by molar-refractivity contribution is 5.79. The molecule has 0 radical (unpaired) electrons. The van der Waals surface area contributed by atoms with Crippen molar-refractivity contribution in [1.82, 2.24) is 10.6 Å². The van der Waals surface area contributed by atoms with Gasteiger partial charge in [0.25, 0.3) is 0 Å². The Bertz CT molecular complexity index is 216. The van der Waals surface area contributed by atoms with Gasteiger partial charge in [0.05, 0.1) is 5.92 Å². The molecule has 0 saturated carbocycles. The molecule has 15 heavy (non-hydrogen) atoms. The molecule has 3 nitrogen and oxygen atoms in total. The number of carbonyl (C=O) groups is 1. The van der Waals surface area contributed by atoms with Gasteiger partial charge < -0.3 is 10.6 Å². The van der Waals surface area contributed by atoms with Crippen LogP contribution in [0.5, 0.6) is 0 Å². The molecule has 1 unspecified atom stereocenters. The fourth-order valence-corrected chi connectivity index (χ4v) is 2.28. The fourth-order valence-electron chi connectivity index (χ4n) is 2.28. The van der Waals surface area contributed by atoms with Crippen LogP contribution in [0.25, 0.3) is 0 Å². The second kappa shape index (κ2) is 5.50. The molecule has 1 aliphatic rings. The van der Waals surface area contributed by atoms with Gasteiger partial charge in [-0.1, -0.05) is 20.8 Å². The van der Waals surface area contributed by atoms with Crippen molar-refractivity contribution in [3.05, 3.63) is 0 Å². The summed E-state index contributed by atoms with van der Waals surface area (Å²) in [7, 11) is 0. The molecule has 0 aliphatic carbocycles. The van der Waals surface area contributed by atoms with E-state index in [9.17, 15) is 4.79 Å². The Kier molecular flexibility index (Phi) is 4.58. The van der Waals surface area contributed by atoms with Crippen LogP contribution in [-0.4, -0.2) is 25.0 Å². The molecule has 1 rings (SSSR count). The summed E-state index contributed by atoms with van der Waals surface area (Å²) in [5, 5.41) is 6.36. The van der Waals surface area contributed by atoms with Gasteiger partial charge >= 0.3 is 0 Å². The van der Waals surface area contributed by atoms with Crippen LogP contribution in [0.4, 0.5) is 0 Å². The maximum Gasteiger partial charge on any atom is 0.224 e. The highest BCUT2D eigenvalue weighted by Crippen LogP contribution is 2.16. The number of nitrogens with one attached hydrogen (secondary N) is 2. The monoisotopic (exact) mass is 212 g/mol. The average molecular weight is 212 g/mol. The van der Waals surface area contributed by atoms with Crippen molar-refractivity contribution in [2.24, 2.45) is 17.8 Å². The SMILES string of the molecule is CC(C)CC(C)NC(=O)[C@@H]1CNC[C@H]1C. The van der Waals surface area contributed by atoms with Crippen LogP contribution in [0.2, 0.25) is 0 Å². The summed E-state index contributed by atoms with van der Waals surface area (Å²) in [5.74, 6) is 1.50. The normalized spacial score (nSPS) is 28.1. The zero-order valence-electron chi connectivity index (χ0n) is 10.3. The van der Waals surface area contributed by atoms with E-state index in [0.717, 1.165) is 19.5 Å². The lowest BCUT2D eigenvalue weighted by Crippen LogP contribution is -2.40. The number of carbonyl (C=O) groups excluding carboxylic acids is 1. The van der Waals surface area contributed by atoms with Crippen molar-refractivity contribution < 1.29 is 4.79 Å². The smallest absolute Gasteiger partial charge is 0.224 e. The van der Waals surface area contributed by atoms with Crippen LogP contribution in [0, 0.1) is 17.8 Å². The quantitative estimate of drug-likeness (QED) is 0.739. The molecule has 1 fully saturated rings. The Morgan fingerprint density at radius 1 is 1.40 bits per heavy atom. The minimum Gasteiger partial charge on any atom is -0.353 e. The van der Waals surface area contributed by atoms with Crippen molar-refractivity contribution in [2.75, 3.05) is 13.1 Å². The number of hydrogen-bond donors (Lipinski definition) is 2. The van der Waals surface area contributed by atoms with Gasteiger partial charge in [-0.2, -0.15) is 0 Å². The second-order valence-electron chi connectivity index (χ2n) is 5.28. The standard InChI is InChI=1S/C12H24N2O/c1-8(2)5-10(4)14-12(15)11-7-13-6-9(11)3/h8-11,13H,5-7H2,1-4H3,(H,14,15)/t9-,10?,11-/m1/s1. The number of hydrogen-bond acceptors (Lipinski definition) is 2. The third-order valence-corrected chi connectivity index (χ3v) is 3.07. The van der Waals surface area contributed by atoms with E-state index in [0.29, 0.717) is 17.9 Å². The highest BCUT2D eigenvalue weighted by Gasteiger charge is 2.29. The summed E-state index contributed by atoms with van der Waals surface area (Å²) >= 11 is 0. The van der Waals surface area contributed by atoms with E-state index in [-0.39, 0.29) is 11.8 Å². The van der Waals surface area contributed by atoms with E-state index in [2.05, 4.69) is 38.3 Å². The summed E-state index contributed by atoms with van der Waals surface area (Å²) in [6, 6.07) is 0.297. The van der Waals surface area contributed by atoms with Gasteiger partial charge in [0, 0.05) is 12.6 Å². The molecule has 3 atom stereocenters.